The van der Waals surface area contributed by atoms with Gasteiger partial charge in [-0.25, -0.2) is 0 Å². The third-order valence-electron chi connectivity index (χ3n) is 5.47. The predicted molar refractivity (Wildman–Crippen MR) is 123 cm³/mol. The fraction of sp³-hybridized carbons (Fsp3) is 0.480. The smallest absolute Gasteiger partial charge is 0.254 e. The average molecular weight is 444 g/mol. The van der Waals surface area contributed by atoms with Crippen LogP contribution in [0.1, 0.15) is 55.6 Å². The van der Waals surface area contributed by atoms with E-state index in [-0.39, 0.29) is 11.9 Å². The summed E-state index contributed by atoms with van der Waals surface area (Å²) in [5.74, 6) is 2.95. The molecule has 1 aliphatic rings. The lowest BCUT2D eigenvalue weighted by Gasteiger charge is -2.27. The van der Waals surface area contributed by atoms with Crippen LogP contribution in [0.15, 0.2) is 30.3 Å². The molecule has 1 aliphatic heterocycles. The van der Waals surface area contributed by atoms with Crippen LogP contribution in [0, 0.1) is 0 Å². The van der Waals surface area contributed by atoms with Gasteiger partial charge < -0.3 is 28.6 Å². The number of rotatable bonds is 10. The number of benzene rings is 2. The normalized spacial score (nSPS) is 15.4. The molecule has 2 aromatic rings. The van der Waals surface area contributed by atoms with Gasteiger partial charge in [-0.1, -0.05) is 0 Å². The lowest BCUT2D eigenvalue weighted by atomic mass is 10.0. The van der Waals surface area contributed by atoms with E-state index in [0.29, 0.717) is 49.2 Å². The lowest BCUT2D eigenvalue weighted by molar-refractivity contribution is 0.0732. The first-order chi connectivity index (χ1) is 15.6. The summed E-state index contributed by atoms with van der Waals surface area (Å²) in [7, 11) is 3.27. The molecule has 7 nitrogen and oxygen atoms in total. The number of methoxy groups -OCH3 is 2. The highest BCUT2D eigenvalue weighted by molar-refractivity contribution is 5.96. The Bertz CT molecular complexity index is 902. The van der Waals surface area contributed by atoms with Gasteiger partial charge in [-0.15, -0.1) is 0 Å². The van der Waals surface area contributed by atoms with E-state index in [2.05, 4.69) is 0 Å². The molecule has 0 bridgehead atoms. The SMILES string of the molecule is CCOc1cc(C(=O)N2CCCC2c2cc(OC)ccc2OC)cc(OCC)c1OCC. The van der Waals surface area contributed by atoms with Crippen LogP contribution in [0.2, 0.25) is 0 Å². The monoisotopic (exact) mass is 443 g/mol. The van der Waals surface area contributed by atoms with Crippen LogP contribution in [0.5, 0.6) is 28.7 Å². The minimum absolute atomic E-state index is 0.0812. The van der Waals surface area contributed by atoms with E-state index < -0.39 is 0 Å². The Kier molecular flexibility index (Phi) is 8.09. The van der Waals surface area contributed by atoms with Gasteiger partial charge in [-0.3, -0.25) is 4.79 Å². The Morgan fingerprint density at radius 3 is 2.12 bits per heavy atom. The molecule has 32 heavy (non-hydrogen) atoms. The Morgan fingerprint density at radius 2 is 1.56 bits per heavy atom. The van der Waals surface area contributed by atoms with Crippen LogP contribution < -0.4 is 23.7 Å². The van der Waals surface area contributed by atoms with E-state index in [1.165, 1.54) is 0 Å². The Morgan fingerprint density at radius 1 is 0.906 bits per heavy atom. The van der Waals surface area contributed by atoms with Gasteiger partial charge in [0.25, 0.3) is 5.91 Å². The number of hydrogen-bond acceptors (Lipinski definition) is 6. The van der Waals surface area contributed by atoms with Crippen molar-refractivity contribution in [3.05, 3.63) is 41.5 Å². The highest BCUT2D eigenvalue weighted by atomic mass is 16.5. The molecule has 1 fully saturated rings. The van der Waals surface area contributed by atoms with E-state index in [4.69, 9.17) is 23.7 Å². The maximum Gasteiger partial charge on any atom is 0.254 e. The van der Waals surface area contributed by atoms with Gasteiger partial charge in [-0.2, -0.15) is 0 Å². The molecule has 0 radical (unpaired) electrons. The van der Waals surface area contributed by atoms with Crippen molar-refractivity contribution in [2.24, 2.45) is 0 Å². The summed E-state index contributed by atoms with van der Waals surface area (Å²) in [5, 5.41) is 0. The van der Waals surface area contributed by atoms with Crippen LogP contribution in [0.4, 0.5) is 0 Å². The summed E-state index contributed by atoms with van der Waals surface area (Å²) in [4.78, 5) is 15.6. The van der Waals surface area contributed by atoms with Crippen molar-refractivity contribution in [3.63, 3.8) is 0 Å². The molecule has 0 aromatic heterocycles. The predicted octanol–water partition coefficient (Wildman–Crippen LogP) is 4.88. The lowest BCUT2D eigenvalue weighted by Crippen LogP contribution is -2.31. The molecule has 1 atom stereocenters. The molecule has 174 valence electrons. The highest BCUT2D eigenvalue weighted by Gasteiger charge is 2.33. The van der Waals surface area contributed by atoms with Crippen molar-refractivity contribution in [2.75, 3.05) is 40.6 Å². The maximum atomic E-state index is 13.7. The molecular weight excluding hydrogens is 410 g/mol. The van der Waals surface area contributed by atoms with Crippen molar-refractivity contribution in [3.8, 4) is 28.7 Å². The summed E-state index contributed by atoms with van der Waals surface area (Å²) < 4.78 is 28.4. The zero-order valence-electron chi connectivity index (χ0n) is 19.6. The fourth-order valence-corrected chi connectivity index (χ4v) is 4.11. The second kappa shape index (κ2) is 11.0. The van der Waals surface area contributed by atoms with Crippen LogP contribution in [0.3, 0.4) is 0 Å². The van der Waals surface area contributed by atoms with E-state index in [1.807, 2.05) is 43.9 Å². The van der Waals surface area contributed by atoms with Crippen molar-refractivity contribution in [1.82, 2.24) is 4.90 Å². The van der Waals surface area contributed by atoms with Gasteiger partial charge in [0.2, 0.25) is 5.75 Å². The molecule has 1 heterocycles. The molecule has 1 saturated heterocycles. The van der Waals surface area contributed by atoms with Crippen molar-refractivity contribution >= 4 is 5.91 Å². The maximum absolute atomic E-state index is 13.7. The molecule has 1 unspecified atom stereocenters. The largest absolute Gasteiger partial charge is 0.497 e. The summed E-state index contributed by atoms with van der Waals surface area (Å²) in [5.41, 5.74) is 1.45. The topological polar surface area (TPSA) is 66.5 Å². The van der Waals surface area contributed by atoms with Gasteiger partial charge in [0, 0.05) is 17.7 Å². The Hall–Kier alpha value is -3.09. The zero-order valence-corrected chi connectivity index (χ0v) is 19.6. The standard InChI is InChI=1S/C25H33NO6/c1-6-30-22-14-17(15-23(31-7-2)24(22)32-8-3)25(27)26-13-9-10-20(26)19-16-18(28-4)11-12-21(19)29-5/h11-12,14-16,20H,6-10,13H2,1-5H3. The molecule has 7 heteroatoms. The third-order valence-corrected chi connectivity index (χ3v) is 5.47. The Labute approximate surface area is 190 Å². The molecular formula is C25H33NO6. The zero-order chi connectivity index (χ0) is 23.1. The molecule has 0 spiro atoms. The van der Waals surface area contributed by atoms with Crippen LogP contribution in [-0.4, -0.2) is 51.4 Å². The number of amides is 1. The van der Waals surface area contributed by atoms with Gasteiger partial charge in [0.15, 0.2) is 11.5 Å². The van der Waals surface area contributed by atoms with Crippen LogP contribution in [-0.2, 0) is 0 Å². The molecule has 0 N–H and O–H groups in total. The van der Waals surface area contributed by atoms with Crippen LogP contribution >= 0.6 is 0 Å². The second-order valence-corrected chi connectivity index (χ2v) is 7.37. The minimum atomic E-state index is -0.106. The van der Waals surface area contributed by atoms with Gasteiger partial charge in [-0.05, 0) is 63.9 Å². The minimum Gasteiger partial charge on any atom is -0.497 e. The van der Waals surface area contributed by atoms with E-state index >= 15 is 0 Å². The molecule has 1 amide bonds. The number of carbonyl (C=O) groups is 1. The van der Waals surface area contributed by atoms with E-state index in [9.17, 15) is 4.79 Å². The van der Waals surface area contributed by atoms with Gasteiger partial charge in [0.05, 0.1) is 40.1 Å². The fourth-order valence-electron chi connectivity index (χ4n) is 4.11. The summed E-state index contributed by atoms with van der Waals surface area (Å²) in [6, 6.07) is 9.08. The number of nitrogens with zero attached hydrogens (tertiary/aromatic N) is 1. The Balaban J connectivity index is 2.00. The molecule has 0 saturated carbocycles. The first-order valence-corrected chi connectivity index (χ1v) is 11.2. The van der Waals surface area contributed by atoms with Crippen molar-refractivity contribution in [2.45, 2.75) is 39.7 Å². The average Bonchev–Trinajstić information content (AvgIpc) is 3.30. The third kappa shape index (κ3) is 4.87. The first kappa shape index (κ1) is 23.6. The van der Waals surface area contributed by atoms with E-state index in [0.717, 1.165) is 29.9 Å². The van der Waals surface area contributed by atoms with Gasteiger partial charge >= 0.3 is 0 Å². The van der Waals surface area contributed by atoms with Crippen molar-refractivity contribution < 1.29 is 28.5 Å². The quantitative estimate of drug-likeness (QED) is 0.522. The highest BCUT2D eigenvalue weighted by Crippen LogP contribution is 2.42. The summed E-state index contributed by atoms with van der Waals surface area (Å²) in [6.07, 6.45) is 1.76. The molecule has 2 aromatic carbocycles. The number of hydrogen-bond donors (Lipinski definition) is 0. The first-order valence-electron chi connectivity index (χ1n) is 11.2. The van der Waals surface area contributed by atoms with Crippen LogP contribution in [0.25, 0.3) is 0 Å². The number of carbonyl (C=O) groups excluding carboxylic acids is 1. The number of ether oxygens (including phenoxy) is 5. The summed E-state index contributed by atoms with van der Waals surface area (Å²) >= 11 is 0. The second-order valence-electron chi connectivity index (χ2n) is 7.37. The number of likely N-dealkylation sites (tertiary alicyclic amines) is 1. The van der Waals surface area contributed by atoms with Crippen molar-refractivity contribution in [1.29, 1.82) is 0 Å². The van der Waals surface area contributed by atoms with E-state index in [1.54, 1.807) is 26.4 Å². The van der Waals surface area contributed by atoms with Gasteiger partial charge in [0.1, 0.15) is 11.5 Å². The summed E-state index contributed by atoms with van der Waals surface area (Å²) in [6.45, 7) is 7.74. The molecule has 3 rings (SSSR count). The molecule has 0 aliphatic carbocycles.